The monoisotopic (exact) mass is 378 g/mol. The number of amidine groups is 1. The topological polar surface area (TPSA) is 88.9 Å². The van der Waals surface area contributed by atoms with E-state index in [1.165, 1.54) is 18.4 Å². The van der Waals surface area contributed by atoms with Gasteiger partial charge in [0, 0.05) is 43.3 Å². The Hall–Kier alpha value is -2.64. The SMILES string of the molecule is NCC1=NC(c2cccc(CN3CCC(Cn4cccn4)CC3)c2)=NC(=O)C1. The van der Waals surface area contributed by atoms with Gasteiger partial charge in [-0.3, -0.25) is 14.4 Å². The maximum absolute atomic E-state index is 11.8. The Labute approximate surface area is 165 Å². The van der Waals surface area contributed by atoms with Crippen molar-refractivity contribution in [3.8, 4) is 0 Å². The number of hydrogen-bond donors (Lipinski definition) is 1. The maximum atomic E-state index is 11.8. The van der Waals surface area contributed by atoms with Gasteiger partial charge in [0.1, 0.15) is 0 Å². The normalized spacial score (nSPS) is 18.8. The summed E-state index contributed by atoms with van der Waals surface area (Å²) in [6.07, 6.45) is 6.48. The average Bonchev–Trinajstić information content (AvgIpc) is 3.22. The van der Waals surface area contributed by atoms with Crippen LogP contribution < -0.4 is 5.73 Å². The molecule has 1 aromatic heterocycles. The van der Waals surface area contributed by atoms with E-state index in [9.17, 15) is 4.79 Å². The van der Waals surface area contributed by atoms with Crippen LogP contribution in [-0.2, 0) is 17.9 Å². The van der Waals surface area contributed by atoms with Crippen molar-refractivity contribution in [1.29, 1.82) is 0 Å². The van der Waals surface area contributed by atoms with Crippen LogP contribution in [0.3, 0.4) is 0 Å². The lowest BCUT2D eigenvalue weighted by atomic mass is 9.96. The van der Waals surface area contributed by atoms with Crippen molar-refractivity contribution >= 4 is 17.5 Å². The first-order chi connectivity index (χ1) is 13.7. The van der Waals surface area contributed by atoms with Crippen molar-refractivity contribution < 1.29 is 4.79 Å². The lowest BCUT2D eigenvalue weighted by Gasteiger charge is -2.32. The van der Waals surface area contributed by atoms with Crippen molar-refractivity contribution in [2.45, 2.75) is 32.4 Å². The van der Waals surface area contributed by atoms with E-state index in [2.05, 4.69) is 32.1 Å². The number of benzene rings is 1. The molecule has 0 unspecified atom stereocenters. The van der Waals surface area contributed by atoms with Gasteiger partial charge in [-0.15, -0.1) is 0 Å². The minimum atomic E-state index is -0.171. The third-order valence-corrected chi connectivity index (χ3v) is 5.39. The predicted octanol–water partition coefficient (Wildman–Crippen LogP) is 1.87. The van der Waals surface area contributed by atoms with Crippen LogP contribution >= 0.6 is 0 Å². The van der Waals surface area contributed by atoms with E-state index in [1.54, 1.807) is 0 Å². The summed E-state index contributed by atoms with van der Waals surface area (Å²) in [5.74, 6) is 1.00. The number of nitrogens with zero attached hydrogens (tertiary/aromatic N) is 5. The summed E-state index contributed by atoms with van der Waals surface area (Å²) in [7, 11) is 0. The fourth-order valence-corrected chi connectivity index (χ4v) is 3.86. The second kappa shape index (κ2) is 8.58. The molecule has 7 nitrogen and oxygen atoms in total. The number of rotatable bonds is 6. The van der Waals surface area contributed by atoms with Gasteiger partial charge in [0.05, 0.1) is 6.42 Å². The van der Waals surface area contributed by atoms with Crippen LogP contribution in [0.2, 0.25) is 0 Å². The zero-order valence-electron chi connectivity index (χ0n) is 16.0. The highest BCUT2D eigenvalue weighted by molar-refractivity contribution is 6.19. The second-order valence-corrected chi connectivity index (χ2v) is 7.54. The third kappa shape index (κ3) is 4.61. The number of piperidine rings is 1. The first-order valence-electron chi connectivity index (χ1n) is 9.87. The number of hydrogen-bond acceptors (Lipinski definition) is 5. The number of carbonyl (C=O) groups excluding carboxylic acids is 1. The minimum absolute atomic E-state index is 0.171. The Morgan fingerprint density at radius 3 is 2.75 bits per heavy atom. The Balaban J connectivity index is 1.37. The number of likely N-dealkylation sites (tertiary alicyclic amines) is 1. The van der Waals surface area contributed by atoms with Crippen LogP contribution in [-0.4, -0.2) is 51.8 Å². The second-order valence-electron chi connectivity index (χ2n) is 7.54. The molecule has 3 heterocycles. The summed E-state index contributed by atoms with van der Waals surface area (Å²) < 4.78 is 2.03. The van der Waals surface area contributed by atoms with Gasteiger partial charge >= 0.3 is 0 Å². The maximum Gasteiger partial charge on any atom is 0.253 e. The van der Waals surface area contributed by atoms with Crippen LogP contribution in [0.4, 0.5) is 0 Å². The van der Waals surface area contributed by atoms with E-state index >= 15 is 0 Å². The number of nitrogens with two attached hydrogens (primary N) is 1. The number of carbonyl (C=O) groups is 1. The van der Waals surface area contributed by atoms with Crippen molar-refractivity contribution in [3.05, 3.63) is 53.9 Å². The van der Waals surface area contributed by atoms with E-state index in [-0.39, 0.29) is 18.9 Å². The fraction of sp³-hybridized carbons (Fsp3) is 0.429. The molecular formula is C21H26N6O. The van der Waals surface area contributed by atoms with Crippen LogP contribution in [0.15, 0.2) is 52.7 Å². The summed E-state index contributed by atoms with van der Waals surface area (Å²) in [5, 5.41) is 4.32. The van der Waals surface area contributed by atoms with Gasteiger partial charge in [-0.2, -0.15) is 10.1 Å². The molecule has 0 spiro atoms. The molecule has 0 aliphatic carbocycles. The van der Waals surface area contributed by atoms with Crippen molar-refractivity contribution in [2.24, 2.45) is 21.6 Å². The minimum Gasteiger partial charge on any atom is -0.325 e. The highest BCUT2D eigenvalue weighted by Gasteiger charge is 2.20. The summed E-state index contributed by atoms with van der Waals surface area (Å²) in [5.41, 5.74) is 8.45. The molecule has 1 amide bonds. The predicted molar refractivity (Wildman–Crippen MR) is 109 cm³/mol. The molecule has 1 fully saturated rings. The Bertz CT molecular complexity index is 878. The molecule has 1 aromatic carbocycles. The molecule has 0 saturated carbocycles. The molecular weight excluding hydrogens is 352 g/mol. The Morgan fingerprint density at radius 1 is 1.14 bits per heavy atom. The molecule has 146 valence electrons. The van der Waals surface area contributed by atoms with E-state index in [4.69, 9.17) is 5.73 Å². The Morgan fingerprint density at radius 2 is 2.00 bits per heavy atom. The molecule has 28 heavy (non-hydrogen) atoms. The molecule has 4 rings (SSSR count). The van der Waals surface area contributed by atoms with E-state index < -0.39 is 0 Å². The molecule has 2 aliphatic rings. The smallest absolute Gasteiger partial charge is 0.253 e. The molecule has 0 bridgehead atoms. The van der Waals surface area contributed by atoms with Gasteiger partial charge in [0.15, 0.2) is 5.84 Å². The van der Waals surface area contributed by atoms with Crippen molar-refractivity contribution in [1.82, 2.24) is 14.7 Å². The van der Waals surface area contributed by atoms with Gasteiger partial charge < -0.3 is 5.73 Å². The van der Waals surface area contributed by atoms with E-state index in [0.29, 0.717) is 17.5 Å². The van der Waals surface area contributed by atoms with Gasteiger partial charge in [-0.1, -0.05) is 18.2 Å². The first-order valence-corrected chi connectivity index (χ1v) is 9.87. The van der Waals surface area contributed by atoms with Crippen LogP contribution in [0.5, 0.6) is 0 Å². The van der Waals surface area contributed by atoms with Gasteiger partial charge in [-0.25, -0.2) is 4.99 Å². The summed E-state index contributed by atoms with van der Waals surface area (Å²) in [6, 6.07) is 10.2. The molecule has 2 aromatic rings. The number of aromatic nitrogens is 2. The summed E-state index contributed by atoms with van der Waals surface area (Å²) in [4.78, 5) is 22.9. The zero-order valence-corrected chi connectivity index (χ0v) is 16.0. The van der Waals surface area contributed by atoms with Crippen molar-refractivity contribution in [2.75, 3.05) is 19.6 Å². The van der Waals surface area contributed by atoms with Crippen LogP contribution in [0, 0.1) is 5.92 Å². The number of aliphatic imine (C=N–C) groups is 2. The number of amides is 1. The van der Waals surface area contributed by atoms with E-state index in [0.717, 1.165) is 31.7 Å². The van der Waals surface area contributed by atoms with Gasteiger partial charge in [-0.05, 0) is 49.5 Å². The molecule has 2 aliphatic heterocycles. The van der Waals surface area contributed by atoms with Crippen LogP contribution in [0.25, 0.3) is 0 Å². The van der Waals surface area contributed by atoms with Crippen molar-refractivity contribution in [3.63, 3.8) is 0 Å². The van der Waals surface area contributed by atoms with Gasteiger partial charge in [0.25, 0.3) is 5.91 Å². The fourth-order valence-electron chi connectivity index (χ4n) is 3.86. The quantitative estimate of drug-likeness (QED) is 0.831. The van der Waals surface area contributed by atoms with Gasteiger partial charge in [0.2, 0.25) is 0 Å². The molecule has 2 N–H and O–H groups in total. The Kier molecular flexibility index (Phi) is 5.73. The highest BCUT2D eigenvalue weighted by Crippen LogP contribution is 2.21. The highest BCUT2D eigenvalue weighted by atomic mass is 16.1. The molecule has 1 saturated heterocycles. The van der Waals surface area contributed by atoms with E-state index in [1.807, 2.05) is 35.3 Å². The summed E-state index contributed by atoms with van der Waals surface area (Å²) >= 11 is 0. The largest absolute Gasteiger partial charge is 0.325 e. The molecule has 0 radical (unpaired) electrons. The lowest BCUT2D eigenvalue weighted by molar-refractivity contribution is -0.116. The lowest BCUT2D eigenvalue weighted by Crippen LogP contribution is -2.34. The first kappa shape index (κ1) is 18.7. The standard InChI is InChI=1S/C21H26N6O/c22-13-19-12-20(28)25-21(24-19)18-4-1-3-17(11-18)14-26-9-5-16(6-10-26)15-27-8-2-7-23-27/h1-4,7-8,11,16H,5-6,9-10,12-15,22H2. The van der Waals surface area contributed by atoms with Crippen LogP contribution in [0.1, 0.15) is 30.4 Å². The zero-order chi connectivity index (χ0) is 19.3. The average molecular weight is 378 g/mol. The third-order valence-electron chi connectivity index (χ3n) is 5.39. The molecule has 7 heteroatoms. The summed E-state index contributed by atoms with van der Waals surface area (Å²) in [6.45, 7) is 4.37. The molecule has 0 atom stereocenters.